The highest BCUT2D eigenvalue weighted by Crippen LogP contribution is 2.05. The van der Waals surface area contributed by atoms with E-state index >= 15 is 0 Å². The predicted octanol–water partition coefficient (Wildman–Crippen LogP) is 1.35. The van der Waals surface area contributed by atoms with Gasteiger partial charge in [0.1, 0.15) is 0 Å². The monoisotopic (exact) mass is 147 g/mol. The van der Waals surface area contributed by atoms with Crippen molar-refractivity contribution in [2.24, 2.45) is 0 Å². The maximum Gasteiger partial charge on any atom is 0.158 e. The Hall–Kier alpha value is -1.38. The Labute approximate surface area is 64.7 Å². The smallest absolute Gasteiger partial charge is 0.158 e. The van der Waals surface area contributed by atoms with Crippen LogP contribution in [0.1, 0.15) is 11.4 Å². The second kappa shape index (κ2) is 2.05. The van der Waals surface area contributed by atoms with Crippen molar-refractivity contribution in [1.29, 1.82) is 0 Å². The molecule has 0 aromatic carbocycles. The molecule has 0 amide bonds. The Kier molecular flexibility index (Phi) is 1.18. The van der Waals surface area contributed by atoms with Crippen LogP contribution in [0.2, 0.25) is 0 Å². The molecular weight excluding hydrogens is 138 g/mol. The van der Waals surface area contributed by atoms with E-state index in [1.807, 2.05) is 30.6 Å². The molecule has 0 aliphatic heterocycles. The van der Waals surface area contributed by atoms with Crippen molar-refractivity contribution < 1.29 is 0 Å². The summed E-state index contributed by atoms with van der Waals surface area (Å²) in [5.41, 5.74) is 2.95. The summed E-state index contributed by atoms with van der Waals surface area (Å²) in [6.45, 7) is 3.94. The van der Waals surface area contributed by atoms with Gasteiger partial charge in [0.05, 0.1) is 11.4 Å². The van der Waals surface area contributed by atoms with E-state index in [1.165, 1.54) is 0 Å². The molecule has 2 heterocycles. The molecule has 2 rings (SSSR count). The van der Waals surface area contributed by atoms with E-state index in [9.17, 15) is 0 Å². The fourth-order valence-corrected chi connectivity index (χ4v) is 1.17. The van der Waals surface area contributed by atoms with Crippen molar-refractivity contribution in [3.05, 3.63) is 30.0 Å². The van der Waals surface area contributed by atoms with Crippen LogP contribution in [-0.4, -0.2) is 14.4 Å². The highest BCUT2D eigenvalue weighted by atomic mass is 15.0. The number of imidazole rings is 1. The SMILES string of the molecule is Cc1cn2ccnc(C)c2n1. The average Bonchev–Trinajstić information content (AvgIpc) is 2.31. The lowest BCUT2D eigenvalue weighted by Crippen LogP contribution is -1.88. The van der Waals surface area contributed by atoms with Gasteiger partial charge in [-0.1, -0.05) is 0 Å². The molecule has 0 radical (unpaired) electrons. The molecule has 0 aliphatic carbocycles. The van der Waals surface area contributed by atoms with Gasteiger partial charge in [-0.05, 0) is 13.8 Å². The number of fused-ring (bicyclic) bond motifs is 1. The molecule has 0 unspecified atom stereocenters. The zero-order valence-electron chi connectivity index (χ0n) is 6.57. The summed E-state index contributed by atoms with van der Waals surface area (Å²) in [5, 5.41) is 0. The molecule has 11 heavy (non-hydrogen) atoms. The normalized spacial score (nSPS) is 10.7. The minimum atomic E-state index is 0.949. The number of nitrogens with zero attached hydrogens (tertiary/aromatic N) is 3. The van der Waals surface area contributed by atoms with Gasteiger partial charge in [-0.15, -0.1) is 0 Å². The molecule has 0 atom stereocenters. The molecule has 3 heteroatoms. The first-order valence-corrected chi connectivity index (χ1v) is 3.54. The minimum absolute atomic E-state index is 0.949. The maximum absolute atomic E-state index is 4.31. The standard InChI is InChI=1S/C8H9N3/c1-6-5-11-4-3-9-7(2)8(11)10-6/h3-5H,1-2H3. The van der Waals surface area contributed by atoms with E-state index in [4.69, 9.17) is 0 Å². The van der Waals surface area contributed by atoms with Gasteiger partial charge < -0.3 is 4.40 Å². The van der Waals surface area contributed by atoms with Gasteiger partial charge in [-0.25, -0.2) is 4.98 Å². The quantitative estimate of drug-likeness (QED) is 0.563. The molecule has 0 fully saturated rings. The Morgan fingerprint density at radius 1 is 1.36 bits per heavy atom. The summed E-state index contributed by atoms with van der Waals surface area (Å²) < 4.78 is 1.98. The highest BCUT2D eigenvalue weighted by Gasteiger charge is 1.99. The maximum atomic E-state index is 4.31. The lowest BCUT2D eigenvalue weighted by molar-refractivity contribution is 1.08. The summed E-state index contributed by atoms with van der Waals surface area (Å²) in [5.74, 6) is 0. The van der Waals surface area contributed by atoms with Crippen LogP contribution in [0.4, 0.5) is 0 Å². The van der Waals surface area contributed by atoms with Crippen LogP contribution < -0.4 is 0 Å². The molecule has 0 bridgehead atoms. The van der Waals surface area contributed by atoms with Gasteiger partial charge in [0.2, 0.25) is 0 Å². The van der Waals surface area contributed by atoms with Gasteiger partial charge in [0, 0.05) is 18.6 Å². The Balaban J connectivity index is 2.90. The second-order valence-electron chi connectivity index (χ2n) is 2.63. The average molecular weight is 147 g/mol. The van der Waals surface area contributed by atoms with E-state index in [0.717, 1.165) is 17.0 Å². The number of hydrogen-bond acceptors (Lipinski definition) is 2. The number of aromatic nitrogens is 3. The van der Waals surface area contributed by atoms with Crippen LogP contribution in [0.3, 0.4) is 0 Å². The highest BCUT2D eigenvalue weighted by molar-refractivity contribution is 5.43. The Morgan fingerprint density at radius 2 is 2.18 bits per heavy atom. The van der Waals surface area contributed by atoms with Crippen LogP contribution in [0, 0.1) is 13.8 Å². The summed E-state index contributed by atoms with van der Waals surface area (Å²) >= 11 is 0. The molecular formula is C8H9N3. The third-order valence-electron chi connectivity index (χ3n) is 1.67. The topological polar surface area (TPSA) is 30.2 Å². The molecule has 2 aromatic rings. The predicted molar refractivity (Wildman–Crippen MR) is 42.5 cm³/mol. The first-order valence-electron chi connectivity index (χ1n) is 3.54. The summed E-state index contributed by atoms with van der Waals surface area (Å²) in [7, 11) is 0. The van der Waals surface area contributed by atoms with Crippen molar-refractivity contribution in [2.75, 3.05) is 0 Å². The van der Waals surface area contributed by atoms with E-state index in [1.54, 1.807) is 6.20 Å². The van der Waals surface area contributed by atoms with Crippen LogP contribution >= 0.6 is 0 Å². The molecule has 0 saturated heterocycles. The van der Waals surface area contributed by atoms with Crippen LogP contribution in [-0.2, 0) is 0 Å². The van der Waals surface area contributed by atoms with Crippen LogP contribution in [0.15, 0.2) is 18.6 Å². The van der Waals surface area contributed by atoms with Crippen LogP contribution in [0.25, 0.3) is 5.65 Å². The first-order chi connectivity index (χ1) is 5.27. The van der Waals surface area contributed by atoms with Crippen molar-refractivity contribution in [3.63, 3.8) is 0 Å². The summed E-state index contributed by atoms with van der Waals surface area (Å²) in [6.07, 6.45) is 5.68. The third kappa shape index (κ3) is 0.888. The van der Waals surface area contributed by atoms with Gasteiger partial charge in [0.25, 0.3) is 0 Å². The zero-order chi connectivity index (χ0) is 7.84. The number of rotatable bonds is 0. The minimum Gasteiger partial charge on any atom is -0.304 e. The zero-order valence-corrected chi connectivity index (χ0v) is 6.57. The lowest BCUT2D eigenvalue weighted by atomic mass is 10.5. The lowest BCUT2D eigenvalue weighted by Gasteiger charge is -1.93. The van der Waals surface area contributed by atoms with E-state index in [2.05, 4.69) is 9.97 Å². The molecule has 0 spiro atoms. The summed E-state index contributed by atoms with van der Waals surface area (Å²) in [4.78, 5) is 8.45. The van der Waals surface area contributed by atoms with Crippen LogP contribution in [0.5, 0.6) is 0 Å². The molecule has 3 nitrogen and oxygen atoms in total. The number of aryl methyl sites for hydroxylation is 2. The van der Waals surface area contributed by atoms with E-state index < -0.39 is 0 Å². The largest absolute Gasteiger partial charge is 0.304 e. The second-order valence-corrected chi connectivity index (χ2v) is 2.63. The van der Waals surface area contributed by atoms with Crippen molar-refractivity contribution >= 4 is 5.65 Å². The van der Waals surface area contributed by atoms with Crippen molar-refractivity contribution in [3.8, 4) is 0 Å². The Bertz CT molecular complexity index is 389. The first kappa shape index (κ1) is 6.34. The van der Waals surface area contributed by atoms with Gasteiger partial charge >= 0.3 is 0 Å². The fourth-order valence-electron chi connectivity index (χ4n) is 1.17. The van der Waals surface area contributed by atoms with Gasteiger partial charge in [-0.3, -0.25) is 4.98 Å². The molecule has 56 valence electrons. The van der Waals surface area contributed by atoms with E-state index in [0.29, 0.717) is 0 Å². The molecule has 0 N–H and O–H groups in total. The molecule has 2 aromatic heterocycles. The van der Waals surface area contributed by atoms with Gasteiger partial charge in [-0.2, -0.15) is 0 Å². The fraction of sp³-hybridized carbons (Fsp3) is 0.250. The van der Waals surface area contributed by atoms with Crippen molar-refractivity contribution in [2.45, 2.75) is 13.8 Å². The Morgan fingerprint density at radius 3 is 2.91 bits per heavy atom. The summed E-state index contributed by atoms with van der Waals surface area (Å²) in [6, 6.07) is 0. The molecule has 0 saturated carbocycles. The molecule has 0 aliphatic rings. The number of hydrogen-bond donors (Lipinski definition) is 0. The van der Waals surface area contributed by atoms with Crippen molar-refractivity contribution in [1.82, 2.24) is 14.4 Å². The van der Waals surface area contributed by atoms with Gasteiger partial charge in [0.15, 0.2) is 5.65 Å². The van der Waals surface area contributed by atoms with E-state index in [-0.39, 0.29) is 0 Å². The third-order valence-corrected chi connectivity index (χ3v) is 1.67.